The third-order valence-electron chi connectivity index (χ3n) is 5.26. The van der Waals surface area contributed by atoms with Crippen LogP contribution in [-0.4, -0.2) is 28.3 Å². The number of hydrazone groups is 1. The van der Waals surface area contributed by atoms with E-state index in [-0.39, 0.29) is 15.5 Å². The third kappa shape index (κ3) is 6.21. The Morgan fingerprint density at radius 1 is 0.657 bits per heavy atom. The van der Waals surface area contributed by atoms with Crippen LogP contribution in [0.2, 0.25) is 0 Å². The van der Waals surface area contributed by atoms with E-state index in [1.165, 1.54) is 24.3 Å². The quantitative estimate of drug-likeness (QED) is 0.274. The molecule has 0 unspecified atom stereocenters. The minimum absolute atomic E-state index is 0.0320. The molecule has 0 aliphatic carbocycles. The Morgan fingerprint density at radius 3 is 1.77 bits per heavy atom. The highest BCUT2D eigenvalue weighted by atomic mass is 32.2. The maximum atomic E-state index is 13.1. The molecule has 4 aromatic rings. The molecule has 0 amide bonds. The first-order chi connectivity index (χ1) is 16.7. The minimum atomic E-state index is -3.82. The molecule has 0 radical (unpaired) electrons. The Balaban J connectivity index is 1.66. The Labute approximate surface area is 204 Å². The highest BCUT2D eigenvalue weighted by Crippen LogP contribution is 2.21. The van der Waals surface area contributed by atoms with E-state index in [0.717, 1.165) is 11.1 Å². The molecule has 0 saturated carbocycles. The van der Waals surface area contributed by atoms with Gasteiger partial charge in [-0.15, -0.1) is 0 Å². The molecule has 0 fully saturated rings. The van der Waals surface area contributed by atoms with E-state index in [4.69, 9.17) is 5.14 Å². The molecule has 0 bridgehead atoms. The Hall–Kier alpha value is -3.79. The topological polar surface area (TPSA) is 119 Å². The van der Waals surface area contributed by atoms with E-state index in [0.29, 0.717) is 17.0 Å². The van der Waals surface area contributed by atoms with Gasteiger partial charge in [-0.1, -0.05) is 72.8 Å². The number of nitrogens with zero attached hydrogens (tertiary/aromatic N) is 1. The summed E-state index contributed by atoms with van der Waals surface area (Å²) >= 11 is 0. The molecule has 178 valence electrons. The van der Waals surface area contributed by atoms with E-state index >= 15 is 0 Å². The number of benzene rings is 4. The first-order valence-electron chi connectivity index (χ1n) is 10.6. The number of sulfonamides is 1. The highest BCUT2D eigenvalue weighted by molar-refractivity contribution is 7.92. The summed E-state index contributed by atoms with van der Waals surface area (Å²) in [5, 5.41) is 9.52. The monoisotopic (exact) mass is 505 g/mol. The molecule has 4 aromatic carbocycles. The van der Waals surface area contributed by atoms with Crippen molar-refractivity contribution in [1.29, 1.82) is 0 Å². The van der Waals surface area contributed by atoms with Crippen molar-refractivity contribution in [3.05, 3.63) is 115 Å². The Morgan fingerprint density at radius 2 is 1.20 bits per heavy atom. The van der Waals surface area contributed by atoms with Crippen LogP contribution in [0.3, 0.4) is 0 Å². The van der Waals surface area contributed by atoms with Crippen molar-refractivity contribution in [2.45, 2.75) is 9.79 Å². The van der Waals surface area contributed by atoms with Crippen molar-refractivity contribution >= 4 is 31.3 Å². The van der Waals surface area contributed by atoms with Crippen molar-refractivity contribution in [3.8, 4) is 11.1 Å². The number of nitrogens with two attached hydrogens (primary N) is 1. The van der Waals surface area contributed by atoms with Gasteiger partial charge in [-0.2, -0.15) is 5.10 Å². The number of rotatable bonds is 8. The Kier molecular flexibility index (Phi) is 7.11. The van der Waals surface area contributed by atoms with Crippen LogP contribution >= 0.6 is 0 Å². The predicted molar refractivity (Wildman–Crippen MR) is 138 cm³/mol. The smallest absolute Gasteiger partial charge is 0.238 e. The second-order valence-corrected chi connectivity index (χ2v) is 11.3. The largest absolute Gasteiger partial charge is 0.278 e. The summed E-state index contributed by atoms with van der Waals surface area (Å²) in [4.78, 5) is 0.168. The van der Waals surface area contributed by atoms with Crippen molar-refractivity contribution in [1.82, 2.24) is 0 Å². The van der Waals surface area contributed by atoms with E-state index in [1.54, 1.807) is 30.3 Å². The molecule has 35 heavy (non-hydrogen) atoms. The van der Waals surface area contributed by atoms with Crippen molar-refractivity contribution in [2.24, 2.45) is 10.2 Å². The second kappa shape index (κ2) is 10.2. The van der Waals surface area contributed by atoms with Crippen LogP contribution in [0.1, 0.15) is 5.56 Å². The first-order valence-corrected chi connectivity index (χ1v) is 13.8. The van der Waals surface area contributed by atoms with Gasteiger partial charge >= 0.3 is 0 Å². The van der Waals surface area contributed by atoms with E-state index in [2.05, 4.69) is 10.5 Å². The number of nitrogens with one attached hydrogen (secondary N) is 1. The normalized spacial score (nSPS) is 12.3. The lowest BCUT2D eigenvalue weighted by atomic mass is 10.0. The van der Waals surface area contributed by atoms with Crippen LogP contribution in [0.25, 0.3) is 11.1 Å². The van der Waals surface area contributed by atoms with Gasteiger partial charge in [0.15, 0.2) is 9.84 Å². The lowest BCUT2D eigenvalue weighted by Crippen LogP contribution is -2.19. The zero-order valence-electron chi connectivity index (χ0n) is 18.6. The molecule has 0 aliphatic rings. The number of primary sulfonamides is 1. The molecule has 0 atom stereocenters. The Bertz CT molecular complexity index is 1530. The number of anilines is 1. The van der Waals surface area contributed by atoms with Gasteiger partial charge in [0, 0.05) is 0 Å². The fourth-order valence-corrected chi connectivity index (χ4v) is 5.25. The van der Waals surface area contributed by atoms with Gasteiger partial charge in [-0.3, -0.25) is 5.43 Å². The van der Waals surface area contributed by atoms with Crippen LogP contribution in [0, 0.1) is 0 Å². The van der Waals surface area contributed by atoms with Gasteiger partial charge in [0.25, 0.3) is 0 Å². The molecular formula is C26H23N3O4S2. The van der Waals surface area contributed by atoms with Crippen LogP contribution < -0.4 is 10.6 Å². The molecule has 0 aromatic heterocycles. The summed E-state index contributed by atoms with van der Waals surface area (Å²) in [6, 6.07) is 31.2. The average molecular weight is 506 g/mol. The third-order valence-corrected chi connectivity index (χ3v) is 7.83. The van der Waals surface area contributed by atoms with E-state index < -0.39 is 19.9 Å². The van der Waals surface area contributed by atoms with Gasteiger partial charge in [0.1, 0.15) is 0 Å². The molecule has 4 rings (SSSR count). The van der Waals surface area contributed by atoms with Gasteiger partial charge in [-0.05, 0) is 53.1 Å². The second-order valence-electron chi connectivity index (χ2n) is 7.76. The fraction of sp³-hybridized carbons (Fsp3) is 0.0385. The fourth-order valence-electron chi connectivity index (χ4n) is 3.41. The number of hydrogen-bond donors (Lipinski definition) is 2. The standard InChI is InChI=1S/C26H23N3O4S2/c27-35(32,33)25-17-15-23(16-18-25)28-29-26(19-34(30,31)24-9-5-2-6-10-24)22-13-11-21(12-14-22)20-7-3-1-4-8-20/h1-18,28H,19H2,(H2,27,32,33)/b29-26+. The summed E-state index contributed by atoms with van der Waals surface area (Å²) in [6.07, 6.45) is 0. The maximum absolute atomic E-state index is 13.1. The SMILES string of the molecule is NS(=O)(=O)c1ccc(N/N=C(\CS(=O)(=O)c2ccccc2)c2ccc(-c3ccccc3)cc2)cc1. The van der Waals surface area contributed by atoms with Gasteiger partial charge in [-0.25, -0.2) is 22.0 Å². The minimum Gasteiger partial charge on any atom is -0.278 e. The lowest BCUT2D eigenvalue weighted by molar-refractivity contribution is 0.596. The van der Waals surface area contributed by atoms with Crippen LogP contribution in [0.5, 0.6) is 0 Å². The van der Waals surface area contributed by atoms with Crippen LogP contribution in [0.15, 0.2) is 124 Å². The zero-order valence-corrected chi connectivity index (χ0v) is 20.2. The lowest BCUT2D eigenvalue weighted by Gasteiger charge is -2.11. The van der Waals surface area contributed by atoms with Gasteiger partial charge in [0.05, 0.1) is 26.9 Å². The molecule has 0 spiro atoms. The van der Waals surface area contributed by atoms with Crippen LogP contribution in [-0.2, 0) is 19.9 Å². The van der Waals surface area contributed by atoms with Gasteiger partial charge < -0.3 is 0 Å². The molecule has 0 aliphatic heterocycles. The van der Waals surface area contributed by atoms with Crippen LogP contribution in [0.4, 0.5) is 5.69 Å². The van der Waals surface area contributed by atoms with Crippen molar-refractivity contribution < 1.29 is 16.8 Å². The molecule has 0 saturated heterocycles. The average Bonchev–Trinajstić information content (AvgIpc) is 2.87. The molecular weight excluding hydrogens is 482 g/mol. The summed E-state index contributed by atoms with van der Waals surface area (Å²) in [5.74, 6) is -0.329. The summed E-state index contributed by atoms with van der Waals surface area (Å²) in [6.45, 7) is 0. The number of sulfone groups is 1. The first kappa shape index (κ1) is 24.3. The molecule has 0 heterocycles. The summed E-state index contributed by atoms with van der Waals surface area (Å²) in [7, 11) is -7.49. The van der Waals surface area contributed by atoms with E-state index in [9.17, 15) is 16.8 Å². The molecule has 3 N–H and O–H groups in total. The summed E-state index contributed by atoms with van der Waals surface area (Å²) < 4.78 is 49.1. The predicted octanol–water partition coefficient (Wildman–Crippen LogP) is 4.29. The highest BCUT2D eigenvalue weighted by Gasteiger charge is 2.19. The zero-order chi connectivity index (χ0) is 24.9. The summed E-state index contributed by atoms with van der Waals surface area (Å²) in [5.41, 5.74) is 6.29. The van der Waals surface area contributed by atoms with Crippen molar-refractivity contribution in [3.63, 3.8) is 0 Å². The number of hydrogen-bond acceptors (Lipinski definition) is 6. The maximum Gasteiger partial charge on any atom is 0.238 e. The van der Waals surface area contributed by atoms with Crippen molar-refractivity contribution in [2.75, 3.05) is 11.2 Å². The van der Waals surface area contributed by atoms with E-state index in [1.807, 2.05) is 54.6 Å². The van der Waals surface area contributed by atoms with Gasteiger partial charge in [0.2, 0.25) is 10.0 Å². The molecule has 7 nitrogen and oxygen atoms in total. The molecule has 9 heteroatoms.